The summed E-state index contributed by atoms with van der Waals surface area (Å²) in [5.74, 6) is 1.22. The molecular formula is C22H20F3N5O3S. The number of aryl methyl sites for hydroxylation is 2. The van der Waals surface area contributed by atoms with Gasteiger partial charge in [0.25, 0.3) is 0 Å². The predicted octanol–water partition coefficient (Wildman–Crippen LogP) is 4.72. The van der Waals surface area contributed by atoms with E-state index < -0.39 is 6.36 Å². The SMILES string of the molecule is COc1ccc(OC)c(Sc2nc3c(N)ncnc3n2CCc2cccc(OC(F)(F)F)c2)c1. The van der Waals surface area contributed by atoms with Gasteiger partial charge in [-0.15, -0.1) is 13.2 Å². The number of nitrogens with zero attached hydrogens (tertiary/aromatic N) is 4. The minimum absolute atomic E-state index is 0.226. The average molecular weight is 491 g/mol. The van der Waals surface area contributed by atoms with Crippen LogP contribution >= 0.6 is 11.8 Å². The molecule has 0 bridgehead atoms. The van der Waals surface area contributed by atoms with E-state index >= 15 is 0 Å². The fraction of sp³-hybridized carbons (Fsp3) is 0.227. The standard InChI is InChI=1S/C22H20F3N5O3S/c1-31-14-6-7-16(32-2)17(11-14)34-21-29-18-19(26)27-12-28-20(18)30(21)9-8-13-4-3-5-15(10-13)33-22(23,24)25/h3-7,10-12H,8-9H2,1-2H3,(H2,26,27,28). The van der Waals surface area contributed by atoms with Gasteiger partial charge < -0.3 is 24.5 Å². The number of hydrogen-bond donors (Lipinski definition) is 1. The molecule has 2 aromatic carbocycles. The molecule has 0 amide bonds. The lowest BCUT2D eigenvalue weighted by atomic mass is 10.1. The van der Waals surface area contributed by atoms with Crippen LogP contribution in [-0.4, -0.2) is 40.1 Å². The van der Waals surface area contributed by atoms with Crippen molar-refractivity contribution in [3.8, 4) is 17.2 Å². The van der Waals surface area contributed by atoms with Gasteiger partial charge in [-0.2, -0.15) is 0 Å². The van der Waals surface area contributed by atoms with Crippen LogP contribution in [0.3, 0.4) is 0 Å². The Morgan fingerprint density at radius 1 is 1.03 bits per heavy atom. The van der Waals surface area contributed by atoms with Crippen LogP contribution < -0.4 is 19.9 Å². The first kappa shape index (κ1) is 23.5. The van der Waals surface area contributed by atoms with Crippen LogP contribution in [0.4, 0.5) is 19.0 Å². The van der Waals surface area contributed by atoms with E-state index in [1.54, 1.807) is 32.4 Å². The number of nitrogens with two attached hydrogens (primary N) is 1. The lowest BCUT2D eigenvalue weighted by Crippen LogP contribution is -2.17. The first-order valence-corrected chi connectivity index (χ1v) is 10.8. The zero-order valence-corrected chi connectivity index (χ0v) is 19.0. The molecule has 8 nitrogen and oxygen atoms in total. The van der Waals surface area contributed by atoms with Crippen molar-refractivity contribution in [2.75, 3.05) is 20.0 Å². The second kappa shape index (κ2) is 9.67. The maximum absolute atomic E-state index is 12.6. The predicted molar refractivity (Wildman–Crippen MR) is 120 cm³/mol. The fourth-order valence-corrected chi connectivity index (χ4v) is 4.36. The number of fused-ring (bicyclic) bond motifs is 1. The highest BCUT2D eigenvalue weighted by Crippen LogP contribution is 2.38. The summed E-state index contributed by atoms with van der Waals surface area (Å²) in [6.07, 6.45) is -3.02. The molecule has 0 atom stereocenters. The zero-order valence-electron chi connectivity index (χ0n) is 18.2. The van der Waals surface area contributed by atoms with Crippen LogP contribution in [-0.2, 0) is 13.0 Å². The average Bonchev–Trinajstić information content (AvgIpc) is 3.15. The summed E-state index contributed by atoms with van der Waals surface area (Å²) in [5.41, 5.74) is 7.61. The number of nitrogen functional groups attached to an aromatic ring is 1. The van der Waals surface area contributed by atoms with Gasteiger partial charge in [-0.25, -0.2) is 15.0 Å². The van der Waals surface area contributed by atoms with E-state index in [0.29, 0.717) is 46.3 Å². The number of hydrogen-bond acceptors (Lipinski definition) is 8. The van der Waals surface area contributed by atoms with Crippen molar-refractivity contribution >= 4 is 28.7 Å². The summed E-state index contributed by atoms with van der Waals surface area (Å²) in [6, 6.07) is 11.2. The molecule has 0 aliphatic heterocycles. The first-order chi connectivity index (χ1) is 16.3. The van der Waals surface area contributed by atoms with Gasteiger partial charge >= 0.3 is 6.36 Å². The van der Waals surface area contributed by atoms with E-state index in [1.807, 2.05) is 10.6 Å². The summed E-state index contributed by atoms with van der Waals surface area (Å²) in [6.45, 7) is 0.372. The van der Waals surface area contributed by atoms with Crippen molar-refractivity contribution in [3.05, 3.63) is 54.4 Å². The highest BCUT2D eigenvalue weighted by molar-refractivity contribution is 7.99. The monoisotopic (exact) mass is 491 g/mol. The van der Waals surface area contributed by atoms with Gasteiger partial charge in [0.2, 0.25) is 0 Å². The van der Waals surface area contributed by atoms with Gasteiger partial charge in [0.05, 0.1) is 19.1 Å². The van der Waals surface area contributed by atoms with Crippen LogP contribution in [0, 0.1) is 0 Å². The van der Waals surface area contributed by atoms with Crippen LogP contribution in [0.1, 0.15) is 5.56 Å². The Labute approximate surface area is 196 Å². The molecule has 4 aromatic rings. The van der Waals surface area contributed by atoms with Crippen LogP contribution in [0.2, 0.25) is 0 Å². The van der Waals surface area contributed by atoms with Gasteiger partial charge in [-0.1, -0.05) is 12.1 Å². The maximum Gasteiger partial charge on any atom is 0.573 e. The smallest absolute Gasteiger partial charge is 0.497 e. The molecule has 2 N–H and O–H groups in total. The van der Waals surface area contributed by atoms with Crippen LogP contribution in [0.5, 0.6) is 17.2 Å². The van der Waals surface area contributed by atoms with Crippen LogP contribution in [0.15, 0.2) is 58.8 Å². The fourth-order valence-electron chi connectivity index (χ4n) is 3.31. The Morgan fingerprint density at radius 3 is 2.59 bits per heavy atom. The largest absolute Gasteiger partial charge is 0.573 e. The highest BCUT2D eigenvalue weighted by atomic mass is 32.2. The lowest BCUT2D eigenvalue weighted by Gasteiger charge is -2.12. The molecule has 12 heteroatoms. The third-order valence-corrected chi connectivity index (χ3v) is 5.89. The molecule has 0 fully saturated rings. The summed E-state index contributed by atoms with van der Waals surface area (Å²) < 4.78 is 54.4. The molecule has 2 aromatic heterocycles. The molecule has 0 unspecified atom stereocenters. The quantitative estimate of drug-likeness (QED) is 0.378. The van der Waals surface area contributed by atoms with Crippen molar-refractivity contribution in [1.82, 2.24) is 19.5 Å². The molecule has 0 spiro atoms. The van der Waals surface area contributed by atoms with E-state index in [1.165, 1.54) is 36.3 Å². The number of ether oxygens (including phenoxy) is 3. The molecule has 0 aliphatic carbocycles. The molecule has 178 valence electrons. The van der Waals surface area contributed by atoms with E-state index in [0.717, 1.165) is 4.90 Å². The second-order valence-corrected chi connectivity index (χ2v) is 8.05. The molecule has 4 rings (SSSR count). The normalized spacial score (nSPS) is 11.6. The Kier molecular flexibility index (Phi) is 6.68. The van der Waals surface area contributed by atoms with E-state index in [2.05, 4.69) is 19.7 Å². The van der Waals surface area contributed by atoms with E-state index in [-0.39, 0.29) is 11.6 Å². The van der Waals surface area contributed by atoms with Gasteiger partial charge in [-0.3, -0.25) is 0 Å². The van der Waals surface area contributed by atoms with Crippen molar-refractivity contribution in [2.45, 2.75) is 29.4 Å². The summed E-state index contributed by atoms with van der Waals surface area (Å²) in [5, 5.41) is 0.566. The van der Waals surface area contributed by atoms with Crippen molar-refractivity contribution in [1.29, 1.82) is 0 Å². The number of imidazole rings is 1. The molecule has 2 heterocycles. The Hall–Kier alpha value is -3.67. The number of anilines is 1. The number of halogens is 3. The van der Waals surface area contributed by atoms with E-state index in [9.17, 15) is 13.2 Å². The van der Waals surface area contributed by atoms with Crippen LogP contribution in [0.25, 0.3) is 11.2 Å². The number of aromatic nitrogens is 4. The summed E-state index contributed by atoms with van der Waals surface area (Å²) in [4.78, 5) is 13.7. The van der Waals surface area contributed by atoms with Gasteiger partial charge in [0, 0.05) is 6.54 Å². The third-order valence-electron chi connectivity index (χ3n) is 4.85. The number of methoxy groups -OCH3 is 2. The lowest BCUT2D eigenvalue weighted by molar-refractivity contribution is -0.274. The first-order valence-electron chi connectivity index (χ1n) is 9.98. The number of rotatable bonds is 8. The van der Waals surface area contributed by atoms with Gasteiger partial charge in [-0.05, 0) is 54.1 Å². The zero-order chi connectivity index (χ0) is 24.3. The van der Waals surface area contributed by atoms with Gasteiger partial charge in [0.15, 0.2) is 22.1 Å². The highest BCUT2D eigenvalue weighted by Gasteiger charge is 2.31. The number of alkyl halides is 3. The third kappa shape index (κ3) is 5.28. The van der Waals surface area contributed by atoms with Crippen molar-refractivity contribution in [3.63, 3.8) is 0 Å². The van der Waals surface area contributed by atoms with Crippen molar-refractivity contribution in [2.24, 2.45) is 0 Å². The maximum atomic E-state index is 12.6. The molecule has 0 aliphatic rings. The van der Waals surface area contributed by atoms with Crippen molar-refractivity contribution < 1.29 is 27.4 Å². The summed E-state index contributed by atoms with van der Waals surface area (Å²) >= 11 is 1.33. The second-order valence-electron chi connectivity index (χ2n) is 7.04. The molecule has 34 heavy (non-hydrogen) atoms. The molecular weight excluding hydrogens is 471 g/mol. The Balaban J connectivity index is 1.67. The minimum atomic E-state index is -4.76. The summed E-state index contributed by atoms with van der Waals surface area (Å²) in [7, 11) is 3.13. The molecule has 0 saturated heterocycles. The molecule has 0 radical (unpaired) electrons. The Morgan fingerprint density at radius 2 is 1.85 bits per heavy atom. The minimum Gasteiger partial charge on any atom is -0.497 e. The van der Waals surface area contributed by atoms with E-state index in [4.69, 9.17) is 15.2 Å². The van der Waals surface area contributed by atoms with Gasteiger partial charge in [0.1, 0.15) is 23.6 Å². The molecule has 0 saturated carbocycles. The Bertz CT molecular complexity index is 1310. The topological polar surface area (TPSA) is 97.3 Å². The number of benzene rings is 2.